The number of fused-ring (bicyclic) bond motifs is 1. The lowest BCUT2D eigenvalue weighted by atomic mass is 10.2. The Bertz CT molecular complexity index is 849. The van der Waals surface area contributed by atoms with Crippen LogP contribution in [-0.4, -0.2) is 34.0 Å². The Morgan fingerprint density at radius 2 is 2.00 bits per heavy atom. The fraction of sp³-hybridized carbons (Fsp3) is 0.368. The standard InChI is InChI=1S/C19H22N4S.ClH/c1-13-14(2)24-19-17(13)18(20-12-21-19)22-16-8-9-23(11-16)10-15-6-4-3-5-7-15;/h3-7,12,16H,8-11H2,1-2H3,(H,20,21,22);1H. The van der Waals surface area contributed by atoms with Gasteiger partial charge in [-0.1, -0.05) is 30.3 Å². The van der Waals surface area contributed by atoms with Crippen molar-refractivity contribution in [3.05, 3.63) is 52.7 Å². The number of aryl methyl sites for hydroxylation is 2. The van der Waals surface area contributed by atoms with Crippen LogP contribution in [0.2, 0.25) is 0 Å². The summed E-state index contributed by atoms with van der Waals surface area (Å²) < 4.78 is 0. The minimum Gasteiger partial charge on any atom is -0.365 e. The molecule has 3 aromatic rings. The van der Waals surface area contributed by atoms with E-state index < -0.39 is 0 Å². The van der Waals surface area contributed by atoms with Gasteiger partial charge in [-0.15, -0.1) is 23.7 Å². The van der Waals surface area contributed by atoms with Crippen LogP contribution in [0.4, 0.5) is 5.82 Å². The van der Waals surface area contributed by atoms with Gasteiger partial charge in [0.25, 0.3) is 0 Å². The maximum absolute atomic E-state index is 4.52. The molecule has 2 aromatic heterocycles. The van der Waals surface area contributed by atoms with Gasteiger partial charge < -0.3 is 5.32 Å². The summed E-state index contributed by atoms with van der Waals surface area (Å²) in [6.45, 7) is 7.53. The van der Waals surface area contributed by atoms with Crippen molar-refractivity contribution >= 4 is 39.8 Å². The fourth-order valence-electron chi connectivity index (χ4n) is 3.42. The van der Waals surface area contributed by atoms with Crippen molar-refractivity contribution in [2.75, 3.05) is 18.4 Å². The van der Waals surface area contributed by atoms with Crippen LogP contribution < -0.4 is 5.32 Å². The molecule has 0 bridgehead atoms. The summed E-state index contributed by atoms with van der Waals surface area (Å²) in [7, 11) is 0. The Balaban J connectivity index is 0.00000182. The highest BCUT2D eigenvalue weighted by molar-refractivity contribution is 7.18. The van der Waals surface area contributed by atoms with Crippen molar-refractivity contribution < 1.29 is 0 Å². The first-order valence-electron chi connectivity index (χ1n) is 8.44. The summed E-state index contributed by atoms with van der Waals surface area (Å²) in [6, 6.07) is 11.1. The largest absolute Gasteiger partial charge is 0.365 e. The quantitative estimate of drug-likeness (QED) is 0.734. The van der Waals surface area contributed by atoms with Crippen LogP contribution in [0.5, 0.6) is 0 Å². The summed E-state index contributed by atoms with van der Waals surface area (Å²) in [5.41, 5.74) is 2.68. The van der Waals surface area contributed by atoms with Crippen LogP contribution in [0.15, 0.2) is 36.7 Å². The highest BCUT2D eigenvalue weighted by Crippen LogP contribution is 2.33. The minimum atomic E-state index is 0. The Kier molecular flexibility index (Phi) is 5.57. The van der Waals surface area contributed by atoms with E-state index in [4.69, 9.17) is 0 Å². The summed E-state index contributed by atoms with van der Waals surface area (Å²) in [5.74, 6) is 0.994. The molecule has 3 heterocycles. The highest BCUT2D eigenvalue weighted by atomic mass is 35.5. The Morgan fingerprint density at radius 1 is 1.20 bits per heavy atom. The van der Waals surface area contributed by atoms with E-state index in [0.717, 1.165) is 36.7 Å². The Labute approximate surface area is 158 Å². The lowest BCUT2D eigenvalue weighted by Gasteiger charge is -2.17. The van der Waals surface area contributed by atoms with Crippen LogP contribution in [0.25, 0.3) is 10.2 Å². The van der Waals surface area contributed by atoms with Crippen molar-refractivity contribution in [3.63, 3.8) is 0 Å². The smallest absolute Gasteiger partial charge is 0.138 e. The Hall–Kier alpha value is -1.69. The van der Waals surface area contributed by atoms with Crippen LogP contribution in [0, 0.1) is 13.8 Å². The topological polar surface area (TPSA) is 41.1 Å². The summed E-state index contributed by atoms with van der Waals surface area (Å²) >= 11 is 1.75. The third kappa shape index (κ3) is 3.78. The SMILES string of the molecule is Cc1sc2ncnc(NC3CCN(Cc4ccccc4)C3)c2c1C.Cl. The predicted octanol–water partition coefficient (Wildman–Crippen LogP) is 4.42. The minimum absolute atomic E-state index is 0. The molecule has 1 aliphatic heterocycles. The molecule has 0 spiro atoms. The lowest BCUT2D eigenvalue weighted by Crippen LogP contribution is -2.26. The maximum atomic E-state index is 4.52. The third-order valence-corrected chi connectivity index (χ3v) is 5.94. The van der Waals surface area contributed by atoms with E-state index in [2.05, 4.69) is 64.4 Å². The number of hydrogen-bond acceptors (Lipinski definition) is 5. The van der Waals surface area contributed by atoms with Gasteiger partial charge in [-0.05, 0) is 31.4 Å². The molecule has 1 saturated heterocycles. The normalized spacial score (nSPS) is 17.6. The molecule has 1 aliphatic rings. The molecular formula is C19H23ClN4S. The van der Waals surface area contributed by atoms with E-state index in [1.165, 1.54) is 21.4 Å². The molecule has 0 amide bonds. The van der Waals surface area contributed by atoms with Gasteiger partial charge in [-0.25, -0.2) is 9.97 Å². The van der Waals surface area contributed by atoms with E-state index in [1.54, 1.807) is 17.7 Å². The van der Waals surface area contributed by atoms with E-state index in [0.29, 0.717) is 6.04 Å². The Morgan fingerprint density at radius 3 is 2.80 bits per heavy atom. The number of anilines is 1. The van der Waals surface area contributed by atoms with Crippen molar-refractivity contribution in [2.45, 2.75) is 32.9 Å². The van der Waals surface area contributed by atoms with Gasteiger partial charge in [-0.2, -0.15) is 0 Å². The first kappa shape index (κ1) is 18.1. The zero-order chi connectivity index (χ0) is 16.5. The summed E-state index contributed by atoms with van der Waals surface area (Å²) in [6.07, 6.45) is 2.83. The molecule has 4 rings (SSSR count). The van der Waals surface area contributed by atoms with Gasteiger partial charge in [0.05, 0.1) is 5.39 Å². The second-order valence-electron chi connectivity index (χ2n) is 6.54. The van der Waals surface area contributed by atoms with Crippen LogP contribution in [0.3, 0.4) is 0 Å². The van der Waals surface area contributed by atoms with Crippen LogP contribution in [-0.2, 0) is 6.54 Å². The monoisotopic (exact) mass is 374 g/mol. The van der Waals surface area contributed by atoms with Crippen molar-refractivity contribution in [1.82, 2.24) is 14.9 Å². The molecule has 0 aliphatic carbocycles. The number of likely N-dealkylation sites (tertiary alicyclic amines) is 1. The summed E-state index contributed by atoms with van der Waals surface area (Å²) in [5, 5.41) is 4.86. The van der Waals surface area contributed by atoms with E-state index in [1.807, 2.05) is 0 Å². The van der Waals surface area contributed by atoms with Gasteiger partial charge in [0.1, 0.15) is 17.0 Å². The summed E-state index contributed by atoms with van der Waals surface area (Å²) in [4.78, 5) is 13.9. The first-order chi connectivity index (χ1) is 11.7. The van der Waals surface area contributed by atoms with Gasteiger partial charge >= 0.3 is 0 Å². The number of rotatable bonds is 4. The first-order valence-corrected chi connectivity index (χ1v) is 9.26. The number of nitrogens with zero attached hydrogens (tertiary/aromatic N) is 3. The van der Waals surface area contributed by atoms with Crippen LogP contribution >= 0.6 is 23.7 Å². The predicted molar refractivity (Wildman–Crippen MR) is 108 cm³/mol. The zero-order valence-corrected chi connectivity index (χ0v) is 16.2. The number of hydrogen-bond donors (Lipinski definition) is 1. The molecule has 1 aromatic carbocycles. The number of benzene rings is 1. The molecule has 4 nitrogen and oxygen atoms in total. The zero-order valence-electron chi connectivity index (χ0n) is 14.5. The molecule has 0 saturated carbocycles. The van der Waals surface area contributed by atoms with Crippen molar-refractivity contribution in [3.8, 4) is 0 Å². The van der Waals surface area contributed by atoms with Crippen molar-refractivity contribution in [2.24, 2.45) is 0 Å². The molecular weight excluding hydrogens is 352 g/mol. The fourth-order valence-corrected chi connectivity index (χ4v) is 4.42. The average molecular weight is 375 g/mol. The lowest BCUT2D eigenvalue weighted by molar-refractivity contribution is 0.328. The highest BCUT2D eigenvalue weighted by Gasteiger charge is 2.24. The molecule has 132 valence electrons. The number of aromatic nitrogens is 2. The molecule has 0 radical (unpaired) electrons. The number of thiophene rings is 1. The molecule has 1 atom stereocenters. The van der Waals surface area contributed by atoms with Gasteiger partial charge in [0.15, 0.2) is 0 Å². The number of nitrogens with one attached hydrogen (secondary N) is 1. The second-order valence-corrected chi connectivity index (χ2v) is 7.74. The average Bonchev–Trinajstić information content (AvgIpc) is 3.14. The number of halogens is 1. The molecule has 1 unspecified atom stereocenters. The maximum Gasteiger partial charge on any atom is 0.138 e. The van der Waals surface area contributed by atoms with E-state index in [9.17, 15) is 0 Å². The van der Waals surface area contributed by atoms with E-state index in [-0.39, 0.29) is 12.4 Å². The van der Waals surface area contributed by atoms with Crippen LogP contribution in [0.1, 0.15) is 22.4 Å². The van der Waals surface area contributed by atoms with Gasteiger partial charge in [0, 0.05) is 30.6 Å². The molecule has 6 heteroatoms. The third-order valence-electron chi connectivity index (χ3n) is 4.83. The van der Waals surface area contributed by atoms with Gasteiger partial charge in [0.2, 0.25) is 0 Å². The second kappa shape index (κ2) is 7.68. The van der Waals surface area contributed by atoms with E-state index >= 15 is 0 Å². The molecule has 1 fully saturated rings. The molecule has 25 heavy (non-hydrogen) atoms. The molecule has 1 N–H and O–H groups in total. The van der Waals surface area contributed by atoms with Gasteiger partial charge in [-0.3, -0.25) is 4.90 Å². The van der Waals surface area contributed by atoms with Crippen molar-refractivity contribution in [1.29, 1.82) is 0 Å².